The van der Waals surface area contributed by atoms with Crippen molar-refractivity contribution >= 4 is 17.4 Å². The average Bonchev–Trinajstić information content (AvgIpc) is 2.23. The Kier molecular flexibility index (Phi) is 4.57. The number of nitrogens with zero attached hydrogens (tertiary/aromatic N) is 1. The van der Waals surface area contributed by atoms with Crippen molar-refractivity contribution in [3.63, 3.8) is 0 Å². The number of anilines is 2. The lowest BCUT2D eigenvalue weighted by molar-refractivity contribution is -0.119. The molecule has 1 amide bonds. The molecule has 0 saturated carbocycles. The fraction of sp³-hybridized carbons (Fsp3) is 0.455. The number of nitrogens with one attached hydrogen (secondary N) is 2. The van der Waals surface area contributed by atoms with Crippen LogP contribution >= 0.6 is 0 Å². The van der Waals surface area contributed by atoms with Gasteiger partial charge in [-0.2, -0.15) is 0 Å². The molecule has 1 aromatic rings. The first-order valence-corrected chi connectivity index (χ1v) is 5.30. The molecule has 1 aromatic heterocycles. The zero-order valence-corrected chi connectivity index (χ0v) is 9.66. The van der Waals surface area contributed by atoms with Gasteiger partial charge >= 0.3 is 0 Å². The van der Waals surface area contributed by atoms with Gasteiger partial charge in [0.1, 0.15) is 5.82 Å². The van der Waals surface area contributed by atoms with Crippen molar-refractivity contribution in [1.29, 1.82) is 0 Å². The topological polar surface area (TPSA) is 80.0 Å². The van der Waals surface area contributed by atoms with Crippen LogP contribution in [0.25, 0.3) is 0 Å². The molecule has 4 N–H and O–H groups in total. The second-order valence-corrected chi connectivity index (χ2v) is 4.03. The van der Waals surface area contributed by atoms with E-state index in [1.54, 1.807) is 18.3 Å². The number of carbonyl (C=O) groups is 1. The van der Waals surface area contributed by atoms with Crippen LogP contribution in [0.1, 0.15) is 13.8 Å². The molecular formula is C11H18N4O. The predicted molar refractivity (Wildman–Crippen MR) is 65.0 cm³/mol. The van der Waals surface area contributed by atoms with Crippen LogP contribution in [0, 0.1) is 5.92 Å². The Labute approximate surface area is 95.4 Å². The van der Waals surface area contributed by atoms with Crippen molar-refractivity contribution < 1.29 is 4.79 Å². The third-order valence-electron chi connectivity index (χ3n) is 1.92. The lowest BCUT2D eigenvalue weighted by Crippen LogP contribution is -2.32. The lowest BCUT2D eigenvalue weighted by Gasteiger charge is -2.09. The molecule has 0 aliphatic carbocycles. The summed E-state index contributed by atoms with van der Waals surface area (Å²) in [5.41, 5.74) is 6.21. The van der Waals surface area contributed by atoms with Crippen LogP contribution in [0.5, 0.6) is 0 Å². The fourth-order valence-corrected chi connectivity index (χ4v) is 1.09. The molecule has 0 aliphatic rings. The van der Waals surface area contributed by atoms with Crippen molar-refractivity contribution in [2.75, 3.05) is 24.1 Å². The molecule has 0 unspecified atom stereocenters. The highest BCUT2D eigenvalue weighted by Crippen LogP contribution is 2.06. The van der Waals surface area contributed by atoms with Gasteiger partial charge in [0.2, 0.25) is 5.91 Å². The summed E-state index contributed by atoms with van der Waals surface area (Å²) < 4.78 is 0. The second kappa shape index (κ2) is 5.95. The first kappa shape index (κ1) is 12.3. The Bertz CT molecular complexity index is 352. The molecule has 5 heteroatoms. The Balaban J connectivity index is 2.31. The van der Waals surface area contributed by atoms with Gasteiger partial charge in [0.05, 0.1) is 6.54 Å². The molecule has 0 spiro atoms. The SMILES string of the molecule is CC(C)CNC(=O)CNc1cc(N)ccn1. The highest BCUT2D eigenvalue weighted by Gasteiger charge is 2.02. The van der Waals surface area contributed by atoms with E-state index in [1.807, 2.05) is 13.8 Å². The van der Waals surface area contributed by atoms with E-state index in [0.29, 0.717) is 24.0 Å². The van der Waals surface area contributed by atoms with Gasteiger partial charge in [0, 0.05) is 24.5 Å². The van der Waals surface area contributed by atoms with Crippen molar-refractivity contribution in [2.24, 2.45) is 5.92 Å². The number of pyridine rings is 1. The minimum absolute atomic E-state index is 0.0436. The summed E-state index contributed by atoms with van der Waals surface area (Å²) in [5, 5.41) is 5.71. The van der Waals surface area contributed by atoms with Crippen molar-refractivity contribution in [1.82, 2.24) is 10.3 Å². The monoisotopic (exact) mass is 222 g/mol. The maximum Gasteiger partial charge on any atom is 0.239 e. The standard InChI is InChI=1S/C11H18N4O/c1-8(2)6-15-11(16)7-14-10-5-9(12)3-4-13-10/h3-5,8H,6-7H2,1-2H3,(H,15,16)(H3,12,13,14). The highest BCUT2D eigenvalue weighted by atomic mass is 16.1. The number of nitrogen functional groups attached to an aromatic ring is 1. The molecule has 88 valence electrons. The molecule has 1 rings (SSSR count). The number of rotatable bonds is 5. The quantitative estimate of drug-likeness (QED) is 0.690. The zero-order chi connectivity index (χ0) is 12.0. The summed E-state index contributed by atoms with van der Waals surface area (Å²) in [6.45, 7) is 4.99. The van der Waals surface area contributed by atoms with E-state index in [9.17, 15) is 4.79 Å². The van der Waals surface area contributed by atoms with Crippen LogP contribution in [0.4, 0.5) is 11.5 Å². The Morgan fingerprint density at radius 1 is 1.56 bits per heavy atom. The number of amides is 1. The lowest BCUT2D eigenvalue weighted by atomic mass is 10.2. The number of hydrogen-bond acceptors (Lipinski definition) is 4. The van der Waals surface area contributed by atoms with Crippen molar-refractivity contribution in [2.45, 2.75) is 13.8 Å². The summed E-state index contributed by atoms with van der Waals surface area (Å²) in [5.74, 6) is 1.02. The summed E-state index contributed by atoms with van der Waals surface area (Å²) in [4.78, 5) is 15.4. The third kappa shape index (κ3) is 4.63. The predicted octanol–water partition coefficient (Wildman–Crippen LogP) is 0.848. The molecule has 0 atom stereocenters. The van der Waals surface area contributed by atoms with Crippen molar-refractivity contribution in [3.05, 3.63) is 18.3 Å². The summed E-state index contributed by atoms with van der Waals surface area (Å²) in [7, 11) is 0. The van der Waals surface area contributed by atoms with Crippen molar-refractivity contribution in [3.8, 4) is 0 Å². The minimum Gasteiger partial charge on any atom is -0.399 e. The molecule has 0 aliphatic heterocycles. The Hall–Kier alpha value is -1.78. The van der Waals surface area contributed by atoms with Gasteiger partial charge in [-0.15, -0.1) is 0 Å². The van der Waals surface area contributed by atoms with E-state index in [1.165, 1.54) is 0 Å². The molecule has 16 heavy (non-hydrogen) atoms. The van der Waals surface area contributed by atoms with E-state index in [2.05, 4.69) is 15.6 Å². The van der Waals surface area contributed by atoms with E-state index in [0.717, 1.165) is 0 Å². The molecule has 5 nitrogen and oxygen atoms in total. The highest BCUT2D eigenvalue weighted by molar-refractivity contribution is 5.80. The maximum atomic E-state index is 11.4. The Morgan fingerprint density at radius 3 is 2.94 bits per heavy atom. The number of nitrogens with two attached hydrogens (primary N) is 1. The number of hydrogen-bond donors (Lipinski definition) is 3. The first-order valence-electron chi connectivity index (χ1n) is 5.30. The molecule has 0 fully saturated rings. The van der Waals surface area contributed by atoms with E-state index >= 15 is 0 Å². The van der Waals surface area contributed by atoms with E-state index in [4.69, 9.17) is 5.73 Å². The normalized spacial score (nSPS) is 10.2. The molecular weight excluding hydrogens is 204 g/mol. The van der Waals surface area contributed by atoms with Crippen LogP contribution in [-0.4, -0.2) is 24.0 Å². The first-order chi connectivity index (χ1) is 7.58. The number of carbonyl (C=O) groups excluding carboxylic acids is 1. The van der Waals surface area contributed by atoms with Gasteiger partial charge in [-0.25, -0.2) is 4.98 Å². The molecule has 1 heterocycles. The average molecular weight is 222 g/mol. The van der Waals surface area contributed by atoms with Crippen LogP contribution in [0.3, 0.4) is 0 Å². The van der Waals surface area contributed by atoms with Crippen LogP contribution in [0.15, 0.2) is 18.3 Å². The molecule has 0 radical (unpaired) electrons. The number of aromatic nitrogens is 1. The van der Waals surface area contributed by atoms with Gasteiger partial charge in [-0.05, 0) is 12.0 Å². The minimum atomic E-state index is -0.0436. The largest absolute Gasteiger partial charge is 0.399 e. The summed E-state index contributed by atoms with van der Waals surface area (Å²) in [6, 6.07) is 3.39. The van der Waals surface area contributed by atoms with Gasteiger partial charge in [-0.3, -0.25) is 4.79 Å². The fourth-order valence-electron chi connectivity index (χ4n) is 1.09. The third-order valence-corrected chi connectivity index (χ3v) is 1.92. The van der Waals surface area contributed by atoms with Gasteiger partial charge in [-0.1, -0.05) is 13.8 Å². The van der Waals surface area contributed by atoms with Gasteiger partial charge < -0.3 is 16.4 Å². The Morgan fingerprint density at radius 2 is 2.31 bits per heavy atom. The van der Waals surface area contributed by atoms with Crippen LogP contribution < -0.4 is 16.4 Å². The summed E-state index contributed by atoms with van der Waals surface area (Å²) in [6.07, 6.45) is 1.60. The summed E-state index contributed by atoms with van der Waals surface area (Å²) >= 11 is 0. The second-order valence-electron chi connectivity index (χ2n) is 4.03. The zero-order valence-electron chi connectivity index (χ0n) is 9.66. The van der Waals surface area contributed by atoms with E-state index in [-0.39, 0.29) is 12.5 Å². The van der Waals surface area contributed by atoms with Crippen LogP contribution in [-0.2, 0) is 4.79 Å². The molecule has 0 bridgehead atoms. The maximum absolute atomic E-state index is 11.4. The van der Waals surface area contributed by atoms with Crippen LogP contribution in [0.2, 0.25) is 0 Å². The van der Waals surface area contributed by atoms with E-state index < -0.39 is 0 Å². The smallest absolute Gasteiger partial charge is 0.239 e. The molecule has 0 saturated heterocycles. The molecule has 0 aromatic carbocycles. The van der Waals surface area contributed by atoms with Gasteiger partial charge in [0.25, 0.3) is 0 Å². The van der Waals surface area contributed by atoms with Gasteiger partial charge in [0.15, 0.2) is 0 Å².